The summed E-state index contributed by atoms with van der Waals surface area (Å²) in [7, 11) is 1.58. The van der Waals surface area contributed by atoms with E-state index in [2.05, 4.69) is 4.98 Å². The van der Waals surface area contributed by atoms with Gasteiger partial charge in [0.25, 0.3) is 0 Å². The van der Waals surface area contributed by atoms with Crippen LogP contribution in [0.25, 0.3) is 0 Å². The molecule has 26 heavy (non-hydrogen) atoms. The second kappa shape index (κ2) is 6.34. The van der Waals surface area contributed by atoms with Crippen molar-refractivity contribution in [1.82, 2.24) is 14.3 Å². The van der Waals surface area contributed by atoms with E-state index in [4.69, 9.17) is 16.3 Å². The highest BCUT2D eigenvalue weighted by Crippen LogP contribution is 2.25. The largest absolute Gasteiger partial charge is 0.497 e. The lowest BCUT2D eigenvalue weighted by Crippen LogP contribution is -2.34. The maximum Gasteiger partial charge on any atom is 0.364 e. The number of nitrogens with zero attached hydrogens (tertiary/aromatic N) is 4. The highest BCUT2D eigenvalue weighted by atomic mass is 35.5. The third-order valence-electron chi connectivity index (χ3n) is 4.25. The Morgan fingerprint density at radius 3 is 2.62 bits per heavy atom. The van der Waals surface area contributed by atoms with E-state index in [0.717, 1.165) is 5.56 Å². The topological polar surface area (TPSA) is 69.4 Å². The van der Waals surface area contributed by atoms with Crippen LogP contribution in [0.4, 0.5) is 10.5 Å². The highest BCUT2D eigenvalue weighted by Gasteiger charge is 2.33. The van der Waals surface area contributed by atoms with Crippen LogP contribution in [-0.2, 0) is 13.1 Å². The molecule has 0 fully saturated rings. The molecule has 0 spiro atoms. The van der Waals surface area contributed by atoms with Crippen LogP contribution in [0.1, 0.15) is 11.4 Å². The zero-order valence-electron chi connectivity index (χ0n) is 13.9. The molecule has 8 heteroatoms. The molecule has 4 rings (SSSR count). The molecule has 2 aromatic carbocycles. The Bertz CT molecular complexity index is 1040. The predicted octanol–water partition coefficient (Wildman–Crippen LogP) is 2.74. The number of carbonyl (C=O) groups excluding carboxylic acids is 1. The number of fused-ring (bicyclic) bond motifs is 1. The van der Waals surface area contributed by atoms with Gasteiger partial charge >= 0.3 is 11.7 Å². The van der Waals surface area contributed by atoms with Gasteiger partial charge in [0.05, 0.1) is 20.2 Å². The lowest BCUT2D eigenvalue weighted by Gasteiger charge is -2.16. The summed E-state index contributed by atoms with van der Waals surface area (Å²) in [6.07, 6.45) is 0. The molecule has 1 amide bonds. The van der Waals surface area contributed by atoms with Crippen LogP contribution >= 0.6 is 11.6 Å². The number of methoxy groups -OCH3 is 1. The average Bonchev–Trinajstić information content (AvgIpc) is 3.11. The van der Waals surface area contributed by atoms with E-state index in [1.165, 1.54) is 9.36 Å². The first-order valence-electron chi connectivity index (χ1n) is 7.96. The molecule has 0 N–H and O–H groups in total. The number of benzene rings is 2. The molecular weight excluding hydrogens is 356 g/mol. The molecule has 0 saturated heterocycles. The standard InChI is InChI=1S/C18H15ClN4O3/c1-26-15-7-5-14(6-8-15)21-11-16-20-17(24)22(23(16)18(21)25)10-12-3-2-4-13(19)9-12/h2-9H,10-11H2,1H3. The van der Waals surface area contributed by atoms with Gasteiger partial charge in [-0.1, -0.05) is 23.7 Å². The summed E-state index contributed by atoms with van der Waals surface area (Å²) in [6.45, 7) is 0.456. The first-order valence-corrected chi connectivity index (χ1v) is 8.34. The molecule has 0 aliphatic carbocycles. The molecule has 0 radical (unpaired) electrons. The Balaban J connectivity index is 1.67. The number of carbonyl (C=O) groups is 1. The van der Waals surface area contributed by atoms with Crippen LogP contribution in [0.15, 0.2) is 53.3 Å². The predicted molar refractivity (Wildman–Crippen MR) is 97.0 cm³/mol. The van der Waals surface area contributed by atoms with E-state index in [1.807, 2.05) is 6.07 Å². The second-order valence-corrected chi connectivity index (χ2v) is 6.31. The number of aromatic nitrogens is 3. The number of hydrogen-bond acceptors (Lipinski definition) is 4. The zero-order chi connectivity index (χ0) is 18.3. The lowest BCUT2D eigenvalue weighted by atomic mass is 10.2. The van der Waals surface area contributed by atoms with E-state index in [1.54, 1.807) is 54.5 Å². The molecule has 7 nitrogen and oxygen atoms in total. The van der Waals surface area contributed by atoms with Crippen LogP contribution in [0.3, 0.4) is 0 Å². The molecule has 132 valence electrons. The van der Waals surface area contributed by atoms with Crippen LogP contribution in [0, 0.1) is 0 Å². The first kappa shape index (κ1) is 16.4. The number of rotatable bonds is 4. The lowest BCUT2D eigenvalue weighted by molar-refractivity contribution is 0.244. The number of anilines is 1. The molecule has 2 heterocycles. The van der Waals surface area contributed by atoms with Crippen molar-refractivity contribution in [2.24, 2.45) is 0 Å². The fourth-order valence-electron chi connectivity index (χ4n) is 2.99. The van der Waals surface area contributed by atoms with Gasteiger partial charge in [-0.15, -0.1) is 0 Å². The maximum atomic E-state index is 12.9. The van der Waals surface area contributed by atoms with Crippen molar-refractivity contribution in [3.05, 3.63) is 75.4 Å². The van der Waals surface area contributed by atoms with E-state index in [-0.39, 0.29) is 19.1 Å². The molecular formula is C18H15ClN4O3. The summed E-state index contributed by atoms with van der Waals surface area (Å²) in [4.78, 5) is 30.7. The Morgan fingerprint density at radius 1 is 1.15 bits per heavy atom. The minimum absolute atomic E-state index is 0.217. The minimum atomic E-state index is -0.456. The third-order valence-corrected chi connectivity index (χ3v) is 4.48. The molecule has 1 aromatic heterocycles. The van der Waals surface area contributed by atoms with E-state index in [0.29, 0.717) is 22.3 Å². The van der Waals surface area contributed by atoms with Gasteiger partial charge in [0.1, 0.15) is 5.75 Å². The molecule has 0 atom stereocenters. The van der Waals surface area contributed by atoms with Gasteiger partial charge in [-0.2, -0.15) is 9.67 Å². The summed E-state index contributed by atoms with van der Waals surface area (Å²) in [5, 5.41) is 0.572. The number of halogens is 1. The van der Waals surface area contributed by atoms with Crippen LogP contribution < -0.4 is 15.3 Å². The third kappa shape index (κ3) is 2.76. The summed E-state index contributed by atoms with van der Waals surface area (Å²) in [6, 6.07) is 14.0. The molecule has 1 aliphatic heterocycles. The smallest absolute Gasteiger partial charge is 0.364 e. The fraction of sp³-hybridized carbons (Fsp3) is 0.167. The van der Waals surface area contributed by atoms with Crippen molar-refractivity contribution >= 4 is 23.3 Å². The molecule has 1 aliphatic rings. The van der Waals surface area contributed by atoms with E-state index >= 15 is 0 Å². The SMILES string of the molecule is COc1ccc(N2Cc3nc(=O)n(Cc4cccc(Cl)c4)n3C2=O)cc1. The average molecular weight is 371 g/mol. The Kier molecular flexibility index (Phi) is 4.00. The Hall–Kier alpha value is -3.06. The normalized spacial score (nSPS) is 13.2. The second-order valence-electron chi connectivity index (χ2n) is 5.88. The van der Waals surface area contributed by atoms with Crippen LogP contribution in [0.2, 0.25) is 5.02 Å². The van der Waals surface area contributed by atoms with E-state index in [9.17, 15) is 9.59 Å². The fourth-order valence-corrected chi connectivity index (χ4v) is 3.20. The van der Waals surface area contributed by atoms with Gasteiger partial charge in [0.2, 0.25) is 0 Å². The van der Waals surface area contributed by atoms with Crippen LogP contribution in [0.5, 0.6) is 5.75 Å². The van der Waals surface area contributed by atoms with Gasteiger partial charge < -0.3 is 4.74 Å². The van der Waals surface area contributed by atoms with Gasteiger partial charge in [0.15, 0.2) is 5.82 Å². The van der Waals surface area contributed by atoms with Gasteiger partial charge in [-0.05, 0) is 42.0 Å². The van der Waals surface area contributed by atoms with Gasteiger partial charge in [-0.3, -0.25) is 4.90 Å². The van der Waals surface area contributed by atoms with Crippen molar-refractivity contribution < 1.29 is 9.53 Å². The molecule has 0 unspecified atom stereocenters. The number of hydrogen-bond donors (Lipinski definition) is 0. The number of ether oxygens (including phenoxy) is 1. The summed E-state index contributed by atoms with van der Waals surface area (Å²) in [5.74, 6) is 1.12. The number of amides is 1. The highest BCUT2D eigenvalue weighted by molar-refractivity contribution is 6.30. The van der Waals surface area contributed by atoms with Crippen molar-refractivity contribution in [1.29, 1.82) is 0 Å². The summed E-state index contributed by atoms with van der Waals surface area (Å²) < 4.78 is 7.79. The van der Waals surface area contributed by atoms with Gasteiger partial charge in [0, 0.05) is 10.7 Å². The first-order chi connectivity index (χ1) is 12.6. The molecule has 0 saturated carbocycles. The van der Waals surface area contributed by atoms with Gasteiger partial charge in [-0.25, -0.2) is 14.3 Å². The molecule has 3 aromatic rings. The maximum absolute atomic E-state index is 12.9. The van der Waals surface area contributed by atoms with Crippen molar-refractivity contribution in [2.75, 3.05) is 12.0 Å². The summed E-state index contributed by atoms with van der Waals surface area (Å²) >= 11 is 6.00. The molecule has 0 bridgehead atoms. The minimum Gasteiger partial charge on any atom is -0.497 e. The Morgan fingerprint density at radius 2 is 1.92 bits per heavy atom. The van der Waals surface area contributed by atoms with Crippen molar-refractivity contribution in [3.8, 4) is 5.75 Å². The summed E-state index contributed by atoms with van der Waals surface area (Å²) in [5.41, 5.74) is 1.07. The zero-order valence-corrected chi connectivity index (χ0v) is 14.7. The van der Waals surface area contributed by atoms with E-state index < -0.39 is 5.69 Å². The van der Waals surface area contributed by atoms with Crippen molar-refractivity contribution in [2.45, 2.75) is 13.1 Å². The Labute approximate surface area is 154 Å². The quantitative estimate of drug-likeness (QED) is 0.708. The van der Waals surface area contributed by atoms with Crippen molar-refractivity contribution in [3.63, 3.8) is 0 Å². The monoisotopic (exact) mass is 370 g/mol. The van der Waals surface area contributed by atoms with Crippen LogP contribution in [-0.4, -0.2) is 27.5 Å².